The summed E-state index contributed by atoms with van der Waals surface area (Å²) in [6.45, 7) is 0.785. The quantitative estimate of drug-likeness (QED) is 0.915. The largest absolute Gasteiger partial charge is 0.488 e. The average molecular weight is 301 g/mol. The van der Waals surface area contributed by atoms with E-state index < -0.39 is 6.10 Å². The summed E-state index contributed by atoms with van der Waals surface area (Å²) >= 11 is 0. The van der Waals surface area contributed by atoms with Crippen molar-refractivity contribution in [1.82, 2.24) is 14.7 Å². The predicted octanol–water partition coefficient (Wildman–Crippen LogP) is 1.82. The van der Waals surface area contributed by atoms with Crippen LogP contribution in [0.3, 0.4) is 0 Å². The zero-order chi connectivity index (χ0) is 15.5. The zero-order valence-corrected chi connectivity index (χ0v) is 13.1. The molecule has 0 aliphatic heterocycles. The molecule has 1 heterocycles. The molecule has 2 aromatic rings. The van der Waals surface area contributed by atoms with Gasteiger partial charge in [0.1, 0.15) is 18.0 Å². The number of aliphatic hydroxyl groups is 1. The first-order chi connectivity index (χ1) is 10.6. The molecule has 0 amide bonds. The standard InChI is InChI=1S/C17H23N3O2/c1-19(11-13-10-18-20(2)12-13)15-8-9-16(17(15)21)22-14-6-4-3-5-7-14/h3-7,10,12,15-17,21H,8-9,11H2,1-2H3/t15-,16+,17+/m1/s1. The van der Waals surface area contributed by atoms with Crippen LogP contribution in [0, 0.1) is 0 Å². The van der Waals surface area contributed by atoms with E-state index in [0.717, 1.165) is 30.7 Å². The van der Waals surface area contributed by atoms with E-state index >= 15 is 0 Å². The van der Waals surface area contributed by atoms with Crippen LogP contribution in [-0.2, 0) is 13.6 Å². The number of hydrogen-bond acceptors (Lipinski definition) is 4. The minimum Gasteiger partial charge on any atom is -0.488 e. The fraction of sp³-hybridized carbons (Fsp3) is 0.471. The molecule has 5 nitrogen and oxygen atoms in total. The van der Waals surface area contributed by atoms with Gasteiger partial charge in [-0.05, 0) is 32.0 Å². The van der Waals surface area contributed by atoms with Crippen molar-refractivity contribution in [2.45, 2.75) is 37.6 Å². The molecule has 5 heteroatoms. The van der Waals surface area contributed by atoms with Crippen LogP contribution in [0.15, 0.2) is 42.7 Å². The summed E-state index contributed by atoms with van der Waals surface area (Å²) in [5, 5.41) is 14.8. The lowest BCUT2D eigenvalue weighted by atomic mass is 10.1. The highest BCUT2D eigenvalue weighted by Crippen LogP contribution is 2.28. The zero-order valence-electron chi connectivity index (χ0n) is 13.1. The fourth-order valence-corrected chi connectivity index (χ4v) is 3.17. The molecule has 22 heavy (non-hydrogen) atoms. The van der Waals surface area contributed by atoms with Crippen LogP contribution >= 0.6 is 0 Å². The van der Waals surface area contributed by atoms with Gasteiger partial charge in [-0.15, -0.1) is 0 Å². The second-order valence-electron chi connectivity index (χ2n) is 6.04. The normalized spacial score (nSPS) is 24.8. The Balaban J connectivity index is 1.59. The minimum absolute atomic E-state index is 0.119. The fourth-order valence-electron chi connectivity index (χ4n) is 3.17. The van der Waals surface area contributed by atoms with Crippen molar-refractivity contribution in [2.75, 3.05) is 7.05 Å². The molecule has 0 bridgehead atoms. The molecule has 3 rings (SSSR count). The molecule has 1 aliphatic rings. The number of para-hydroxylation sites is 1. The number of hydrogen-bond donors (Lipinski definition) is 1. The molecule has 1 fully saturated rings. The molecule has 1 saturated carbocycles. The summed E-state index contributed by atoms with van der Waals surface area (Å²) in [4.78, 5) is 2.19. The number of aryl methyl sites for hydroxylation is 1. The van der Waals surface area contributed by atoms with Crippen molar-refractivity contribution < 1.29 is 9.84 Å². The van der Waals surface area contributed by atoms with Gasteiger partial charge in [0, 0.05) is 31.4 Å². The molecule has 118 valence electrons. The Labute approximate surface area is 131 Å². The van der Waals surface area contributed by atoms with Gasteiger partial charge in [-0.25, -0.2) is 0 Å². The lowest BCUT2D eigenvalue weighted by Gasteiger charge is -2.28. The van der Waals surface area contributed by atoms with E-state index in [1.54, 1.807) is 4.68 Å². The number of nitrogens with zero attached hydrogens (tertiary/aromatic N) is 3. The molecule has 1 aromatic carbocycles. The maximum Gasteiger partial charge on any atom is 0.126 e. The smallest absolute Gasteiger partial charge is 0.126 e. The van der Waals surface area contributed by atoms with Crippen LogP contribution in [0.5, 0.6) is 5.75 Å². The van der Waals surface area contributed by atoms with Crippen molar-refractivity contribution in [3.05, 3.63) is 48.3 Å². The van der Waals surface area contributed by atoms with Gasteiger partial charge in [-0.3, -0.25) is 9.58 Å². The van der Waals surface area contributed by atoms with Crippen LogP contribution < -0.4 is 4.74 Å². The number of aromatic nitrogens is 2. The van der Waals surface area contributed by atoms with Crippen molar-refractivity contribution in [1.29, 1.82) is 0 Å². The Morgan fingerprint density at radius 1 is 1.32 bits per heavy atom. The Hall–Kier alpha value is -1.85. The third-order valence-corrected chi connectivity index (χ3v) is 4.31. The van der Waals surface area contributed by atoms with Gasteiger partial charge in [0.25, 0.3) is 0 Å². The number of ether oxygens (including phenoxy) is 1. The van der Waals surface area contributed by atoms with Gasteiger partial charge >= 0.3 is 0 Å². The van der Waals surface area contributed by atoms with Gasteiger partial charge < -0.3 is 9.84 Å². The minimum atomic E-state index is -0.470. The SMILES string of the molecule is CN(Cc1cnn(C)c1)[C@@H]1CC[C@H](Oc2ccccc2)[C@H]1O. The summed E-state index contributed by atoms with van der Waals surface area (Å²) in [5.41, 5.74) is 1.16. The predicted molar refractivity (Wildman–Crippen MR) is 84.6 cm³/mol. The summed E-state index contributed by atoms with van der Waals surface area (Å²) in [5.74, 6) is 0.821. The third kappa shape index (κ3) is 3.31. The average Bonchev–Trinajstić information content (AvgIpc) is 3.07. The van der Waals surface area contributed by atoms with Crippen LogP contribution in [0.1, 0.15) is 18.4 Å². The lowest BCUT2D eigenvalue weighted by Crippen LogP contribution is -2.42. The Morgan fingerprint density at radius 3 is 2.77 bits per heavy atom. The highest BCUT2D eigenvalue weighted by Gasteiger charge is 2.38. The maximum atomic E-state index is 10.6. The van der Waals surface area contributed by atoms with E-state index in [1.165, 1.54) is 0 Å². The first-order valence-electron chi connectivity index (χ1n) is 7.71. The first kappa shape index (κ1) is 15.1. The molecule has 1 aliphatic carbocycles. The van der Waals surface area contributed by atoms with Gasteiger partial charge in [-0.2, -0.15) is 5.10 Å². The van der Waals surface area contributed by atoms with E-state index in [-0.39, 0.29) is 12.1 Å². The van der Waals surface area contributed by atoms with Crippen LogP contribution in [-0.4, -0.2) is 45.1 Å². The van der Waals surface area contributed by atoms with Crippen molar-refractivity contribution in [3.63, 3.8) is 0 Å². The van der Waals surface area contributed by atoms with Crippen molar-refractivity contribution in [2.24, 2.45) is 7.05 Å². The number of aliphatic hydroxyl groups excluding tert-OH is 1. The van der Waals surface area contributed by atoms with Crippen LogP contribution in [0.4, 0.5) is 0 Å². The van der Waals surface area contributed by atoms with E-state index in [9.17, 15) is 5.11 Å². The van der Waals surface area contributed by atoms with Crippen molar-refractivity contribution >= 4 is 0 Å². The maximum absolute atomic E-state index is 10.6. The molecule has 0 saturated heterocycles. The molecule has 3 atom stereocenters. The van der Waals surface area contributed by atoms with E-state index in [0.29, 0.717) is 0 Å². The van der Waals surface area contributed by atoms with Gasteiger partial charge in [-0.1, -0.05) is 18.2 Å². The topological polar surface area (TPSA) is 50.5 Å². The van der Waals surface area contributed by atoms with Gasteiger partial charge in [0.05, 0.1) is 6.20 Å². The Kier molecular flexibility index (Phi) is 4.45. The number of rotatable bonds is 5. The van der Waals surface area contributed by atoms with Crippen LogP contribution in [0.25, 0.3) is 0 Å². The lowest BCUT2D eigenvalue weighted by molar-refractivity contribution is 0.0152. The summed E-state index contributed by atoms with van der Waals surface area (Å²) < 4.78 is 7.73. The summed E-state index contributed by atoms with van der Waals surface area (Å²) in [6.07, 6.45) is 5.09. The van der Waals surface area contributed by atoms with Crippen LogP contribution in [0.2, 0.25) is 0 Å². The molecule has 1 N–H and O–H groups in total. The molecule has 1 aromatic heterocycles. The summed E-state index contributed by atoms with van der Waals surface area (Å²) in [7, 11) is 3.96. The highest BCUT2D eigenvalue weighted by molar-refractivity contribution is 5.21. The molecule has 0 spiro atoms. The molecular formula is C17H23N3O2. The van der Waals surface area contributed by atoms with Gasteiger partial charge in [0.15, 0.2) is 0 Å². The van der Waals surface area contributed by atoms with E-state index in [1.807, 2.05) is 56.8 Å². The van der Waals surface area contributed by atoms with E-state index in [4.69, 9.17) is 4.74 Å². The second kappa shape index (κ2) is 6.50. The first-order valence-corrected chi connectivity index (χ1v) is 7.71. The monoisotopic (exact) mass is 301 g/mol. The molecule has 0 radical (unpaired) electrons. The van der Waals surface area contributed by atoms with E-state index in [2.05, 4.69) is 10.00 Å². The Bertz CT molecular complexity index is 599. The Morgan fingerprint density at radius 2 is 2.09 bits per heavy atom. The number of benzene rings is 1. The second-order valence-corrected chi connectivity index (χ2v) is 6.04. The van der Waals surface area contributed by atoms with Crippen molar-refractivity contribution in [3.8, 4) is 5.75 Å². The number of likely N-dealkylation sites (N-methyl/N-ethyl adjacent to an activating group) is 1. The summed E-state index contributed by atoms with van der Waals surface area (Å²) in [6, 6.07) is 9.83. The molecule has 0 unspecified atom stereocenters. The highest BCUT2D eigenvalue weighted by atomic mass is 16.5. The molecular weight excluding hydrogens is 278 g/mol. The third-order valence-electron chi connectivity index (χ3n) is 4.31. The van der Waals surface area contributed by atoms with Gasteiger partial charge in [0.2, 0.25) is 0 Å².